The van der Waals surface area contributed by atoms with Crippen molar-refractivity contribution in [2.75, 3.05) is 0 Å². The lowest BCUT2D eigenvalue weighted by atomic mass is 9.80. The van der Waals surface area contributed by atoms with Crippen LogP contribution < -0.4 is 10.2 Å². The molecule has 96 valence electrons. The van der Waals surface area contributed by atoms with Crippen molar-refractivity contribution in [2.45, 2.75) is 6.61 Å². The van der Waals surface area contributed by atoms with E-state index < -0.39 is 7.12 Å². The Labute approximate surface area is 111 Å². The highest BCUT2D eigenvalue weighted by atomic mass is 16.5. The van der Waals surface area contributed by atoms with Crippen LogP contribution in [0.2, 0.25) is 0 Å². The van der Waals surface area contributed by atoms with Crippen LogP contribution in [0.25, 0.3) is 0 Å². The van der Waals surface area contributed by atoms with E-state index in [2.05, 4.69) is 0 Å². The number of hydrogen-bond acceptors (Lipinski definition) is 4. The number of carbonyl (C=O) groups is 1. The highest BCUT2D eigenvalue weighted by molar-refractivity contribution is 6.58. The van der Waals surface area contributed by atoms with Crippen molar-refractivity contribution < 1.29 is 19.6 Å². The first-order chi connectivity index (χ1) is 9.19. The summed E-state index contributed by atoms with van der Waals surface area (Å²) in [5.41, 5.74) is 1.86. The molecule has 0 unspecified atom stereocenters. The molecule has 0 fully saturated rings. The molecule has 0 amide bonds. The number of hydrogen-bond donors (Lipinski definition) is 2. The Bertz CT molecular complexity index is 552. The fourth-order valence-electron chi connectivity index (χ4n) is 1.65. The van der Waals surface area contributed by atoms with Crippen LogP contribution >= 0.6 is 0 Å². The second kappa shape index (κ2) is 6.18. The molecule has 0 aliphatic heterocycles. The van der Waals surface area contributed by atoms with E-state index in [4.69, 9.17) is 14.8 Å². The van der Waals surface area contributed by atoms with E-state index in [0.29, 0.717) is 23.4 Å². The summed E-state index contributed by atoms with van der Waals surface area (Å²) in [7, 11) is -1.48. The summed E-state index contributed by atoms with van der Waals surface area (Å²) in [6.45, 7) is 0.320. The van der Waals surface area contributed by atoms with Crippen LogP contribution in [0.3, 0.4) is 0 Å². The maximum absolute atomic E-state index is 10.5. The van der Waals surface area contributed by atoms with E-state index in [1.807, 2.05) is 6.07 Å². The largest absolute Gasteiger partial charge is 0.489 e. The van der Waals surface area contributed by atoms with Gasteiger partial charge >= 0.3 is 7.12 Å². The second-order valence-corrected chi connectivity index (χ2v) is 4.09. The monoisotopic (exact) mass is 256 g/mol. The lowest BCUT2D eigenvalue weighted by molar-refractivity contribution is 0.112. The van der Waals surface area contributed by atoms with Gasteiger partial charge in [0.05, 0.1) is 0 Å². The zero-order valence-corrected chi connectivity index (χ0v) is 10.2. The highest BCUT2D eigenvalue weighted by Gasteiger charge is 2.10. The molecule has 0 atom stereocenters. The minimum Gasteiger partial charge on any atom is -0.489 e. The fraction of sp³-hybridized carbons (Fsp3) is 0.0714. The van der Waals surface area contributed by atoms with Crippen molar-refractivity contribution in [2.24, 2.45) is 0 Å². The molecule has 0 aliphatic rings. The summed E-state index contributed by atoms with van der Waals surface area (Å²) in [4.78, 5) is 10.5. The van der Waals surface area contributed by atoms with Gasteiger partial charge in [-0.3, -0.25) is 4.79 Å². The van der Waals surface area contributed by atoms with Crippen molar-refractivity contribution in [1.29, 1.82) is 0 Å². The molecule has 0 saturated carbocycles. The zero-order chi connectivity index (χ0) is 13.7. The van der Waals surface area contributed by atoms with Crippen LogP contribution in [-0.2, 0) is 6.61 Å². The molecular weight excluding hydrogens is 243 g/mol. The van der Waals surface area contributed by atoms with Crippen molar-refractivity contribution in [3.63, 3.8) is 0 Å². The molecule has 2 aromatic carbocycles. The molecule has 0 aliphatic carbocycles. The highest BCUT2D eigenvalue weighted by Crippen LogP contribution is 2.13. The van der Waals surface area contributed by atoms with Crippen LogP contribution in [0.1, 0.15) is 15.9 Å². The van der Waals surface area contributed by atoms with Crippen LogP contribution in [0.15, 0.2) is 48.5 Å². The predicted molar refractivity (Wildman–Crippen MR) is 72.4 cm³/mol. The number of benzene rings is 2. The van der Waals surface area contributed by atoms with Crippen molar-refractivity contribution in [3.8, 4) is 5.75 Å². The first-order valence-electron chi connectivity index (χ1n) is 5.82. The summed E-state index contributed by atoms with van der Waals surface area (Å²) >= 11 is 0. The van der Waals surface area contributed by atoms with E-state index in [1.165, 1.54) is 0 Å². The standard InChI is InChI=1S/C14H13BO4/c16-9-11-4-6-14(7-5-11)19-10-12-2-1-3-13(8-12)15(17)18/h1-9,17-18H,10H2. The lowest BCUT2D eigenvalue weighted by Crippen LogP contribution is -2.29. The van der Waals surface area contributed by atoms with Gasteiger partial charge in [-0.25, -0.2) is 0 Å². The molecule has 0 bridgehead atoms. The average Bonchev–Trinajstić information content (AvgIpc) is 2.46. The van der Waals surface area contributed by atoms with Gasteiger partial charge in [-0.15, -0.1) is 0 Å². The molecule has 2 N–H and O–H groups in total. The number of ether oxygens (including phenoxy) is 1. The van der Waals surface area contributed by atoms with Gasteiger partial charge in [0.15, 0.2) is 0 Å². The van der Waals surface area contributed by atoms with Gasteiger partial charge in [0.2, 0.25) is 0 Å². The summed E-state index contributed by atoms with van der Waals surface area (Å²) < 4.78 is 5.55. The summed E-state index contributed by atoms with van der Waals surface area (Å²) in [6.07, 6.45) is 0.774. The van der Waals surface area contributed by atoms with Crippen LogP contribution in [-0.4, -0.2) is 23.5 Å². The zero-order valence-electron chi connectivity index (χ0n) is 10.2. The third-order valence-electron chi connectivity index (χ3n) is 2.67. The number of carbonyl (C=O) groups excluding carboxylic acids is 1. The molecule has 0 saturated heterocycles. The fourth-order valence-corrected chi connectivity index (χ4v) is 1.65. The van der Waals surface area contributed by atoms with Gasteiger partial charge in [-0.05, 0) is 35.3 Å². The third-order valence-corrected chi connectivity index (χ3v) is 2.67. The minimum atomic E-state index is -1.48. The molecule has 0 spiro atoms. The Hall–Kier alpha value is -2.11. The van der Waals surface area contributed by atoms with E-state index in [1.54, 1.807) is 42.5 Å². The Morgan fingerprint density at radius 2 is 1.84 bits per heavy atom. The molecule has 19 heavy (non-hydrogen) atoms. The van der Waals surface area contributed by atoms with Gasteiger partial charge in [0.25, 0.3) is 0 Å². The van der Waals surface area contributed by atoms with Gasteiger partial charge in [-0.1, -0.05) is 24.3 Å². The lowest BCUT2D eigenvalue weighted by Gasteiger charge is -2.07. The van der Waals surface area contributed by atoms with Crippen molar-refractivity contribution in [1.82, 2.24) is 0 Å². The van der Waals surface area contributed by atoms with Gasteiger partial charge < -0.3 is 14.8 Å². The van der Waals surface area contributed by atoms with Gasteiger partial charge in [-0.2, -0.15) is 0 Å². The quantitative estimate of drug-likeness (QED) is 0.612. The molecule has 5 heteroatoms. The molecule has 0 radical (unpaired) electrons. The topological polar surface area (TPSA) is 66.8 Å². The van der Waals surface area contributed by atoms with E-state index in [-0.39, 0.29) is 0 Å². The molecular formula is C14H13BO4. The smallest absolute Gasteiger partial charge is 0.488 e. The van der Waals surface area contributed by atoms with Crippen molar-refractivity contribution >= 4 is 18.9 Å². The number of aldehydes is 1. The van der Waals surface area contributed by atoms with Crippen LogP contribution in [0.5, 0.6) is 5.75 Å². The maximum atomic E-state index is 10.5. The summed E-state index contributed by atoms with van der Waals surface area (Å²) in [5, 5.41) is 18.1. The molecule has 0 aromatic heterocycles. The van der Waals surface area contributed by atoms with E-state index >= 15 is 0 Å². The molecule has 2 aromatic rings. The second-order valence-electron chi connectivity index (χ2n) is 4.09. The SMILES string of the molecule is O=Cc1ccc(OCc2cccc(B(O)O)c2)cc1. The first-order valence-corrected chi connectivity index (χ1v) is 5.82. The molecule has 4 nitrogen and oxygen atoms in total. The Balaban J connectivity index is 2.01. The van der Waals surface area contributed by atoms with Gasteiger partial charge in [0, 0.05) is 5.56 Å². The minimum absolute atomic E-state index is 0.320. The maximum Gasteiger partial charge on any atom is 0.488 e. The average molecular weight is 256 g/mol. The van der Waals surface area contributed by atoms with E-state index in [9.17, 15) is 4.79 Å². The third kappa shape index (κ3) is 3.68. The molecule has 2 rings (SSSR count). The van der Waals surface area contributed by atoms with Gasteiger partial charge in [0.1, 0.15) is 18.6 Å². The normalized spacial score (nSPS) is 10.0. The Morgan fingerprint density at radius 3 is 2.47 bits per heavy atom. The first kappa shape index (κ1) is 13.3. The summed E-state index contributed by atoms with van der Waals surface area (Å²) in [6, 6.07) is 13.7. The Morgan fingerprint density at radius 1 is 1.11 bits per heavy atom. The van der Waals surface area contributed by atoms with Crippen LogP contribution in [0, 0.1) is 0 Å². The number of rotatable bonds is 5. The predicted octanol–water partition coefficient (Wildman–Crippen LogP) is 0.758. The Kier molecular flexibility index (Phi) is 4.33. The van der Waals surface area contributed by atoms with Crippen molar-refractivity contribution in [3.05, 3.63) is 59.7 Å². The van der Waals surface area contributed by atoms with Crippen LogP contribution in [0.4, 0.5) is 0 Å². The summed E-state index contributed by atoms with van der Waals surface area (Å²) in [5.74, 6) is 0.653. The molecule has 0 heterocycles. The van der Waals surface area contributed by atoms with E-state index in [0.717, 1.165) is 11.8 Å².